The second-order valence-corrected chi connectivity index (χ2v) is 5.90. The highest BCUT2D eigenvalue weighted by Crippen LogP contribution is 2.29. The monoisotopic (exact) mass is 282 g/mol. The van der Waals surface area contributed by atoms with Crippen LogP contribution in [-0.4, -0.2) is 41.9 Å². The van der Waals surface area contributed by atoms with Gasteiger partial charge in [0, 0.05) is 19.0 Å². The molecular formula is C12H21F3N2O2. The minimum absolute atomic E-state index is 0.00438. The number of hydrogen-bond donors (Lipinski definition) is 1. The molecule has 1 fully saturated rings. The van der Waals surface area contributed by atoms with Crippen molar-refractivity contribution in [2.75, 3.05) is 13.1 Å². The normalized spacial score (nSPS) is 23.1. The molecule has 1 amide bonds. The van der Waals surface area contributed by atoms with Gasteiger partial charge in [-0.25, -0.2) is 4.79 Å². The summed E-state index contributed by atoms with van der Waals surface area (Å²) in [5.41, 5.74) is 4.55. The number of carbonyl (C=O) groups is 1. The zero-order valence-electron chi connectivity index (χ0n) is 11.5. The SMILES string of the molecule is CC(C)(C)OC(=O)N1CCCC(C(N)C(F)(F)F)C1. The second kappa shape index (κ2) is 5.56. The number of amides is 1. The highest BCUT2D eigenvalue weighted by atomic mass is 19.4. The third kappa shape index (κ3) is 4.89. The van der Waals surface area contributed by atoms with E-state index in [1.807, 2.05) is 0 Å². The van der Waals surface area contributed by atoms with Gasteiger partial charge in [0.2, 0.25) is 0 Å². The number of nitrogens with zero attached hydrogens (tertiary/aromatic N) is 1. The molecule has 1 heterocycles. The molecule has 0 aromatic heterocycles. The molecule has 0 saturated carbocycles. The first-order valence-corrected chi connectivity index (χ1v) is 6.31. The largest absolute Gasteiger partial charge is 0.444 e. The van der Waals surface area contributed by atoms with E-state index in [0.717, 1.165) is 0 Å². The highest BCUT2D eigenvalue weighted by molar-refractivity contribution is 5.68. The Morgan fingerprint density at radius 1 is 1.37 bits per heavy atom. The van der Waals surface area contributed by atoms with Crippen LogP contribution < -0.4 is 5.73 Å². The van der Waals surface area contributed by atoms with Crippen molar-refractivity contribution >= 4 is 6.09 Å². The van der Waals surface area contributed by atoms with Crippen LogP contribution >= 0.6 is 0 Å². The molecule has 2 N–H and O–H groups in total. The molecule has 0 bridgehead atoms. The van der Waals surface area contributed by atoms with Crippen molar-refractivity contribution < 1.29 is 22.7 Å². The van der Waals surface area contributed by atoms with Crippen LogP contribution in [0.3, 0.4) is 0 Å². The van der Waals surface area contributed by atoms with E-state index in [1.165, 1.54) is 4.90 Å². The lowest BCUT2D eigenvalue weighted by Crippen LogP contribution is -2.52. The number of nitrogens with two attached hydrogens (primary N) is 1. The number of piperidine rings is 1. The van der Waals surface area contributed by atoms with Crippen LogP contribution in [0.5, 0.6) is 0 Å². The Hall–Kier alpha value is -0.980. The van der Waals surface area contributed by atoms with Crippen LogP contribution in [0.2, 0.25) is 0 Å². The first-order chi connectivity index (χ1) is 8.50. The Balaban J connectivity index is 2.62. The molecule has 1 aliphatic rings. The fourth-order valence-corrected chi connectivity index (χ4v) is 2.06. The number of hydrogen-bond acceptors (Lipinski definition) is 3. The van der Waals surface area contributed by atoms with E-state index >= 15 is 0 Å². The summed E-state index contributed by atoms with van der Waals surface area (Å²) in [6.45, 7) is 5.56. The van der Waals surface area contributed by atoms with Crippen molar-refractivity contribution in [1.29, 1.82) is 0 Å². The smallest absolute Gasteiger partial charge is 0.410 e. The van der Waals surface area contributed by atoms with Gasteiger partial charge >= 0.3 is 12.3 Å². The summed E-state index contributed by atoms with van der Waals surface area (Å²) in [6.07, 6.45) is -4.12. The average Bonchev–Trinajstić information content (AvgIpc) is 2.24. The highest BCUT2D eigenvalue weighted by Gasteiger charge is 2.44. The van der Waals surface area contributed by atoms with Gasteiger partial charge in [0.15, 0.2) is 0 Å². The first-order valence-electron chi connectivity index (χ1n) is 6.31. The Morgan fingerprint density at radius 2 is 1.95 bits per heavy atom. The summed E-state index contributed by atoms with van der Waals surface area (Å²) in [6, 6.07) is -1.89. The maximum atomic E-state index is 12.6. The second-order valence-electron chi connectivity index (χ2n) is 5.90. The van der Waals surface area contributed by atoms with Crippen LogP contribution in [0.1, 0.15) is 33.6 Å². The maximum Gasteiger partial charge on any atom is 0.410 e. The molecule has 2 atom stereocenters. The maximum absolute atomic E-state index is 12.6. The molecule has 0 radical (unpaired) electrons. The molecule has 2 unspecified atom stereocenters. The predicted molar refractivity (Wildman–Crippen MR) is 64.6 cm³/mol. The summed E-state index contributed by atoms with van der Waals surface area (Å²) < 4.78 is 42.9. The fourth-order valence-electron chi connectivity index (χ4n) is 2.06. The van der Waals surface area contributed by atoms with Gasteiger partial charge in [0.25, 0.3) is 0 Å². The summed E-state index contributed by atoms with van der Waals surface area (Å²) in [7, 11) is 0. The van der Waals surface area contributed by atoms with Crippen LogP contribution in [0.15, 0.2) is 0 Å². The number of rotatable bonds is 1. The van der Waals surface area contributed by atoms with Crippen LogP contribution in [-0.2, 0) is 4.74 Å². The van der Waals surface area contributed by atoms with Gasteiger partial charge in [-0.05, 0) is 33.6 Å². The van der Waals surface area contributed by atoms with E-state index in [9.17, 15) is 18.0 Å². The van der Waals surface area contributed by atoms with Gasteiger partial charge in [-0.15, -0.1) is 0 Å². The number of carbonyl (C=O) groups excluding carboxylic acids is 1. The van der Waals surface area contributed by atoms with Gasteiger partial charge in [-0.1, -0.05) is 0 Å². The fraction of sp³-hybridized carbons (Fsp3) is 0.917. The summed E-state index contributed by atoms with van der Waals surface area (Å²) >= 11 is 0. The summed E-state index contributed by atoms with van der Waals surface area (Å²) in [4.78, 5) is 13.1. The lowest BCUT2D eigenvalue weighted by Gasteiger charge is -2.36. The molecule has 0 aromatic carbocycles. The minimum Gasteiger partial charge on any atom is -0.444 e. The summed E-state index contributed by atoms with van der Waals surface area (Å²) in [5.74, 6) is -0.763. The molecule has 0 aliphatic carbocycles. The molecule has 112 valence electrons. The van der Waals surface area contributed by atoms with E-state index in [4.69, 9.17) is 10.5 Å². The molecule has 0 aromatic rings. The molecule has 19 heavy (non-hydrogen) atoms. The Labute approximate surface area is 111 Å². The first kappa shape index (κ1) is 16.1. The van der Waals surface area contributed by atoms with E-state index in [-0.39, 0.29) is 6.54 Å². The number of alkyl halides is 3. The van der Waals surface area contributed by atoms with Crippen molar-refractivity contribution in [2.45, 2.75) is 51.4 Å². The number of likely N-dealkylation sites (tertiary alicyclic amines) is 1. The Bertz CT molecular complexity index is 326. The molecule has 1 rings (SSSR count). The quantitative estimate of drug-likeness (QED) is 0.804. The van der Waals surface area contributed by atoms with Crippen molar-refractivity contribution in [3.05, 3.63) is 0 Å². The standard InChI is InChI=1S/C12H21F3N2O2/c1-11(2,3)19-10(18)17-6-4-5-8(7-17)9(16)12(13,14)15/h8-9H,4-7,16H2,1-3H3. The minimum atomic E-state index is -4.43. The lowest BCUT2D eigenvalue weighted by molar-refractivity contribution is -0.162. The predicted octanol–water partition coefficient (Wildman–Crippen LogP) is 2.52. The van der Waals surface area contributed by atoms with Crippen LogP contribution in [0, 0.1) is 5.92 Å². The van der Waals surface area contributed by atoms with E-state index < -0.39 is 29.8 Å². The van der Waals surface area contributed by atoms with Gasteiger partial charge in [0.1, 0.15) is 11.6 Å². The third-order valence-corrected chi connectivity index (χ3v) is 3.00. The van der Waals surface area contributed by atoms with Crippen molar-refractivity contribution in [3.8, 4) is 0 Å². The summed E-state index contributed by atoms with van der Waals surface area (Å²) in [5, 5.41) is 0. The zero-order chi connectivity index (χ0) is 14.8. The molecule has 1 aliphatic heterocycles. The lowest BCUT2D eigenvalue weighted by atomic mass is 9.91. The molecule has 7 heteroatoms. The van der Waals surface area contributed by atoms with E-state index in [0.29, 0.717) is 19.4 Å². The number of ether oxygens (including phenoxy) is 1. The van der Waals surface area contributed by atoms with Gasteiger partial charge in [-0.3, -0.25) is 0 Å². The van der Waals surface area contributed by atoms with E-state index in [2.05, 4.69) is 0 Å². The van der Waals surface area contributed by atoms with Crippen LogP contribution in [0.4, 0.5) is 18.0 Å². The number of halogens is 3. The van der Waals surface area contributed by atoms with Crippen molar-refractivity contribution in [2.24, 2.45) is 11.7 Å². The Kier molecular flexibility index (Phi) is 4.71. The van der Waals surface area contributed by atoms with Crippen molar-refractivity contribution in [1.82, 2.24) is 4.90 Å². The van der Waals surface area contributed by atoms with Gasteiger partial charge in [0.05, 0.1) is 0 Å². The average molecular weight is 282 g/mol. The molecule has 1 saturated heterocycles. The van der Waals surface area contributed by atoms with E-state index in [1.54, 1.807) is 20.8 Å². The zero-order valence-corrected chi connectivity index (χ0v) is 11.5. The van der Waals surface area contributed by atoms with Gasteiger partial charge in [-0.2, -0.15) is 13.2 Å². The molecule has 4 nitrogen and oxygen atoms in total. The molecular weight excluding hydrogens is 261 g/mol. The Morgan fingerprint density at radius 3 is 2.42 bits per heavy atom. The topological polar surface area (TPSA) is 55.6 Å². The van der Waals surface area contributed by atoms with Crippen LogP contribution in [0.25, 0.3) is 0 Å². The van der Waals surface area contributed by atoms with Crippen molar-refractivity contribution in [3.63, 3.8) is 0 Å². The van der Waals surface area contributed by atoms with Gasteiger partial charge < -0.3 is 15.4 Å². The molecule has 0 spiro atoms. The third-order valence-electron chi connectivity index (χ3n) is 3.00.